The Morgan fingerprint density at radius 1 is 0.892 bits per heavy atom. The number of anilines is 2. The number of aryl methyl sites for hydroxylation is 2. The fourth-order valence-corrected chi connectivity index (χ4v) is 6.00. The Morgan fingerprint density at radius 3 is 2.22 bits per heavy atom. The minimum absolute atomic E-state index is 0.0478. The molecular formula is C29H27FN2O3S2. The molecule has 0 bridgehead atoms. The molecule has 0 spiro atoms. The van der Waals surface area contributed by atoms with Gasteiger partial charge >= 0.3 is 0 Å². The SMILES string of the molecule is Cc1ccc(S(=O)(=O)N(CC(=O)Nc2ccc(CSc3ccccc3)cc2C)c2ccc(F)cc2)cc1. The molecule has 0 heterocycles. The van der Waals surface area contributed by atoms with Crippen molar-refractivity contribution in [2.24, 2.45) is 0 Å². The van der Waals surface area contributed by atoms with E-state index in [1.807, 2.05) is 50.2 Å². The van der Waals surface area contributed by atoms with Crippen LogP contribution >= 0.6 is 11.8 Å². The van der Waals surface area contributed by atoms with Crippen LogP contribution in [0.15, 0.2) is 107 Å². The van der Waals surface area contributed by atoms with Gasteiger partial charge in [0.1, 0.15) is 12.4 Å². The van der Waals surface area contributed by atoms with Crippen LogP contribution < -0.4 is 9.62 Å². The zero-order chi connectivity index (χ0) is 26.4. The molecule has 0 radical (unpaired) electrons. The highest BCUT2D eigenvalue weighted by atomic mass is 32.2. The first-order valence-corrected chi connectivity index (χ1v) is 14.1. The molecule has 4 aromatic carbocycles. The number of hydrogen-bond acceptors (Lipinski definition) is 4. The van der Waals surface area contributed by atoms with Crippen molar-refractivity contribution in [1.29, 1.82) is 0 Å². The Balaban J connectivity index is 1.51. The molecule has 0 saturated heterocycles. The summed E-state index contributed by atoms with van der Waals surface area (Å²) in [4.78, 5) is 14.3. The molecule has 8 heteroatoms. The monoisotopic (exact) mass is 534 g/mol. The van der Waals surface area contributed by atoms with Crippen LogP contribution in [0, 0.1) is 19.7 Å². The number of nitrogens with one attached hydrogen (secondary N) is 1. The maximum Gasteiger partial charge on any atom is 0.264 e. The fraction of sp³-hybridized carbons (Fsp3) is 0.138. The van der Waals surface area contributed by atoms with Gasteiger partial charge in [-0.3, -0.25) is 9.10 Å². The Morgan fingerprint density at radius 2 is 1.57 bits per heavy atom. The normalized spacial score (nSPS) is 11.2. The number of hydrogen-bond donors (Lipinski definition) is 1. The van der Waals surface area contributed by atoms with Crippen molar-refractivity contribution in [3.63, 3.8) is 0 Å². The maximum atomic E-state index is 13.5. The van der Waals surface area contributed by atoms with Crippen molar-refractivity contribution in [3.05, 3.63) is 120 Å². The number of carbonyl (C=O) groups is 1. The van der Waals surface area contributed by atoms with Crippen LogP contribution in [0.25, 0.3) is 0 Å². The zero-order valence-corrected chi connectivity index (χ0v) is 22.2. The Labute approximate surface area is 221 Å². The second kappa shape index (κ2) is 11.6. The third-order valence-corrected chi connectivity index (χ3v) is 8.60. The van der Waals surface area contributed by atoms with Crippen LogP contribution in [0.4, 0.5) is 15.8 Å². The summed E-state index contributed by atoms with van der Waals surface area (Å²) in [7, 11) is -4.07. The average Bonchev–Trinajstić information content (AvgIpc) is 2.89. The summed E-state index contributed by atoms with van der Waals surface area (Å²) in [6.07, 6.45) is 0. The highest BCUT2D eigenvalue weighted by Crippen LogP contribution is 2.27. The van der Waals surface area contributed by atoms with Crippen molar-refractivity contribution in [1.82, 2.24) is 0 Å². The number of carbonyl (C=O) groups excluding carboxylic acids is 1. The molecule has 4 aromatic rings. The van der Waals surface area contributed by atoms with Gasteiger partial charge in [0.05, 0.1) is 10.6 Å². The van der Waals surface area contributed by atoms with Crippen LogP contribution in [0.3, 0.4) is 0 Å². The van der Waals surface area contributed by atoms with Crippen LogP contribution in [-0.2, 0) is 20.6 Å². The molecule has 37 heavy (non-hydrogen) atoms. The molecule has 0 fully saturated rings. The van der Waals surface area contributed by atoms with Gasteiger partial charge in [0.15, 0.2) is 0 Å². The van der Waals surface area contributed by atoms with E-state index in [9.17, 15) is 17.6 Å². The minimum Gasteiger partial charge on any atom is -0.324 e. The average molecular weight is 535 g/mol. The topological polar surface area (TPSA) is 66.5 Å². The summed E-state index contributed by atoms with van der Waals surface area (Å²) in [6.45, 7) is 3.29. The summed E-state index contributed by atoms with van der Waals surface area (Å²) in [6, 6.07) is 27.3. The van der Waals surface area contributed by atoms with Gasteiger partial charge in [-0.15, -0.1) is 11.8 Å². The Kier molecular flexibility index (Phi) is 8.31. The predicted octanol–water partition coefficient (Wildman–Crippen LogP) is 6.57. The Hall–Kier alpha value is -3.62. The molecule has 5 nitrogen and oxygen atoms in total. The lowest BCUT2D eigenvalue weighted by Gasteiger charge is -2.24. The highest BCUT2D eigenvalue weighted by Gasteiger charge is 2.27. The third kappa shape index (κ3) is 6.78. The molecular weight excluding hydrogens is 507 g/mol. The number of benzene rings is 4. The third-order valence-electron chi connectivity index (χ3n) is 5.72. The molecule has 0 unspecified atom stereocenters. The van der Waals surface area contributed by atoms with Crippen molar-refractivity contribution in [2.45, 2.75) is 29.4 Å². The van der Waals surface area contributed by atoms with Gasteiger partial charge in [-0.1, -0.05) is 48.0 Å². The van der Waals surface area contributed by atoms with Crippen molar-refractivity contribution >= 4 is 39.1 Å². The largest absolute Gasteiger partial charge is 0.324 e. The second-order valence-electron chi connectivity index (χ2n) is 8.60. The van der Waals surface area contributed by atoms with E-state index < -0.39 is 28.3 Å². The lowest BCUT2D eigenvalue weighted by atomic mass is 10.1. The van der Waals surface area contributed by atoms with Gasteiger partial charge in [-0.2, -0.15) is 0 Å². The van der Waals surface area contributed by atoms with Gasteiger partial charge in [0.25, 0.3) is 10.0 Å². The number of amides is 1. The number of nitrogens with zero attached hydrogens (tertiary/aromatic N) is 1. The Bertz CT molecular complexity index is 1470. The summed E-state index contributed by atoms with van der Waals surface area (Å²) >= 11 is 1.72. The van der Waals surface area contributed by atoms with E-state index >= 15 is 0 Å². The molecule has 0 aliphatic heterocycles. The van der Waals surface area contributed by atoms with Gasteiger partial charge in [-0.05, 0) is 79.6 Å². The molecule has 4 rings (SSSR count). The molecule has 0 atom stereocenters. The van der Waals surface area contributed by atoms with Gasteiger partial charge in [0, 0.05) is 16.3 Å². The quantitative estimate of drug-likeness (QED) is 0.247. The summed E-state index contributed by atoms with van der Waals surface area (Å²) in [5.41, 5.74) is 3.69. The predicted molar refractivity (Wildman–Crippen MR) is 148 cm³/mol. The van der Waals surface area contributed by atoms with Crippen LogP contribution in [-0.4, -0.2) is 20.9 Å². The van der Waals surface area contributed by atoms with Crippen molar-refractivity contribution in [2.75, 3.05) is 16.2 Å². The van der Waals surface area contributed by atoms with E-state index in [2.05, 4.69) is 17.4 Å². The van der Waals surface area contributed by atoms with E-state index in [0.717, 1.165) is 26.7 Å². The highest BCUT2D eigenvalue weighted by molar-refractivity contribution is 7.98. The van der Waals surface area contributed by atoms with E-state index in [0.29, 0.717) is 5.69 Å². The first kappa shape index (κ1) is 26.4. The summed E-state index contributed by atoms with van der Waals surface area (Å²) in [5, 5.41) is 2.83. The zero-order valence-electron chi connectivity index (χ0n) is 20.5. The molecule has 1 N–H and O–H groups in total. The first-order chi connectivity index (χ1) is 17.7. The van der Waals surface area contributed by atoms with Gasteiger partial charge in [0.2, 0.25) is 5.91 Å². The number of thioether (sulfide) groups is 1. The molecule has 1 amide bonds. The smallest absolute Gasteiger partial charge is 0.264 e. The lowest BCUT2D eigenvalue weighted by Crippen LogP contribution is -2.38. The van der Waals surface area contributed by atoms with E-state index in [1.54, 1.807) is 23.9 Å². The van der Waals surface area contributed by atoms with Gasteiger partial charge < -0.3 is 5.32 Å². The van der Waals surface area contributed by atoms with Crippen LogP contribution in [0.5, 0.6) is 0 Å². The summed E-state index contributed by atoms with van der Waals surface area (Å²) < 4.78 is 41.5. The number of rotatable bonds is 9. The maximum absolute atomic E-state index is 13.5. The first-order valence-electron chi connectivity index (χ1n) is 11.6. The minimum atomic E-state index is -4.07. The van der Waals surface area contributed by atoms with Crippen LogP contribution in [0.2, 0.25) is 0 Å². The number of halogens is 1. The molecule has 0 aliphatic carbocycles. The van der Waals surface area contributed by atoms with Crippen molar-refractivity contribution < 1.29 is 17.6 Å². The van der Waals surface area contributed by atoms with E-state index in [1.165, 1.54) is 41.3 Å². The lowest BCUT2D eigenvalue weighted by molar-refractivity contribution is -0.114. The molecule has 190 valence electrons. The number of sulfonamides is 1. The molecule has 0 aromatic heterocycles. The summed E-state index contributed by atoms with van der Waals surface area (Å²) in [5.74, 6) is -0.219. The fourth-order valence-electron chi connectivity index (χ4n) is 3.72. The standard InChI is InChI=1S/C29H27FN2O3S2/c1-21-8-15-27(16-9-21)37(34,35)32(25-13-11-24(30)12-14-25)19-29(33)31-28-17-10-23(18-22(28)2)20-36-26-6-4-3-5-7-26/h3-18H,19-20H2,1-2H3,(H,31,33). The van der Waals surface area contributed by atoms with E-state index in [4.69, 9.17) is 0 Å². The van der Waals surface area contributed by atoms with Crippen LogP contribution in [0.1, 0.15) is 16.7 Å². The second-order valence-corrected chi connectivity index (χ2v) is 11.5. The van der Waals surface area contributed by atoms with Gasteiger partial charge in [-0.25, -0.2) is 12.8 Å². The molecule has 0 saturated carbocycles. The molecule has 0 aliphatic rings. The van der Waals surface area contributed by atoms with E-state index in [-0.39, 0.29) is 10.6 Å². The van der Waals surface area contributed by atoms with Crippen molar-refractivity contribution in [3.8, 4) is 0 Å².